The molecule has 0 radical (unpaired) electrons. The van der Waals surface area contributed by atoms with Gasteiger partial charge in [-0.05, 0) is 27.8 Å². The average molecular weight is 400 g/mol. The highest BCUT2D eigenvalue weighted by atomic mass is 19.1. The second-order valence-corrected chi connectivity index (χ2v) is 8.33. The van der Waals surface area contributed by atoms with Crippen LogP contribution in [0, 0.1) is 0 Å². The summed E-state index contributed by atoms with van der Waals surface area (Å²) in [5.41, 5.74) is 5.04. The van der Waals surface area contributed by atoms with Crippen LogP contribution in [0.2, 0.25) is 0 Å². The maximum absolute atomic E-state index is 15.4. The maximum atomic E-state index is 15.4. The van der Waals surface area contributed by atoms with E-state index >= 15 is 4.39 Å². The summed E-state index contributed by atoms with van der Waals surface area (Å²) in [4.78, 5) is 15.2. The summed E-state index contributed by atoms with van der Waals surface area (Å²) in [6.45, 7) is 0.565. The Morgan fingerprint density at radius 1 is 0.833 bits per heavy atom. The third kappa shape index (κ3) is 2.05. The fourth-order valence-corrected chi connectivity index (χ4v) is 5.96. The van der Waals surface area contributed by atoms with Gasteiger partial charge in [-0.25, -0.2) is 9.18 Å². The summed E-state index contributed by atoms with van der Waals surface area (Å²) in [7, 11) is 0. The SMILES string of the molecule is O=C(O)N1C[C@H]2[C@@H](F)[C@@H]1CN2C1(c2ccccc2)c2ccccc2-c2ccccc21. The number of alkyl halides is 1. The van der Waals surface area contributed by atoms with Gasteiger partial charge in [-0.1, -0.05) is 78.9 Å². The molecule has 3 aliphatic rings. The molecule has 1 amide bonds. The Bertz CT molecular complexity index is 1100. The number of nitrogens with zero attached hydrogens (tertiary/aromatic N) is 2. The van der Waals surface area contributed by atoms with Crippen molar-refractivity contribution in [3.63, 3.8) is 0 Å². The number of fused-ring (bicyclic) bond motifs is 5. The lowest BCUT2D eigenvalue weighted by atomic mass is 9.78. The minimum absolute atomic E-state index is 0.195. The molecule has 3 aromatic carbocycles. The lowest BCUT2D eigenvalue weighted by molar-refractivity contribution is 0.0658. The molecule has 0 spiro atoms. The fourth-order valence-electron chi connectivity index (χ4n) is 5.96. The molecular formula is C25H21FN2O2. The molecular weight excluding hydrogens is 379 g/mol. The van der Waals surface area contributed by atoms with Crippen molar-refractivity contribution in [1.29, 1.82) is 0 Å². The summed E-state index contributed by atoms with van der Waals surface area (Å²) < 4.78 is 15.4. The second kappa shape index (κ2) is 6.16. The first-order valence-corrected chi connectivity index (χ1v) is 10.3. The summed E-state index contributed by atoms with van der Waals surface area (Å²) in [6, 6.07) is 25.8. The Labute approximate surface area is 174 Å². The average Bonchev–Trinajstić information content (AvgIpc) is 3.39. The Hall–Kier alpha value is -3.18. The minimum atomic E-state index is -1.19. The van der Waals surface area contributed by atoms with Crippen molar-refractivity contribution in [2.24, 2.45) is 0 Å². The molecule has 5 heteroatoms. The van der Waals surface area contributed by atoms with Crippen molar-refractivity contribution in [3.05, 3.63) is 95.6 Å². The lowest BCUT2D eigenvalue weighted by Gasteiger charge is -2.46. The molecule has 2 saturated heterocycles. The van der Waals surface area contributed by atoms with Crippen molar-refractivity contribution >= 4 is 6.09 Å². The number of halogens is 1. The van der Waals surface area contributed by atoms with Gasteiger partial charge in [0.25, 0.3) is 0 Å². The molecule has 2 aliphatic heterocycles. The molecule has 2 fully saturated rings. The lowest BCUT2D eigenvalue weighted by Crippen LogP contribution is -2.56. The molecule has 2 heterocycles. The molecule has 2 bridgehead atoms. The zero-order chi connectivity index (χ0) is 20.5. The number of carboxylic acid groups (broad SMARTS) is 1. The molecule has 6 rings (SSSR count). The maximum Gasteiger partial charge on any atom is 0.407 e. The van der Waals surface area contributed by atoms with Crippen molar-refractivity contribution in [2.75, 3.05) is 13.1 Å². The highest BCUT2D eigenvalue weighted by Gasteiger charge is 2.62. The molecule has 3 aromatic rings. The standard InChI is InChI=1S/C25H21FN2O2/c26-23-21-15-28(22(23)14-27(21)24(29)30)25(16-8-2-1-3-9-16)19-12-6-4-10-17(19)18-11-5-7-13-20(18)25/h1-13,21-23H,14-15H2,(H,29,30)/t21-,22-,23-/m0/s1. The number of likely N-dealkylation sites (tertiary alicyclic amines) is 2. The summed E-state index contributed by atoms with van der Waals surface area (Å²) in [5.74, 6) is 0. The van der Waals surface area contributed by atoms with Crippen LogP contribution in [0.4, 0.5) is 9.18 Å². The molecule has 30 heavy (non-hydrogen) atoms. The van der Waals surface area contributed by atoms with Crippen molar-refractivity contribution in [3.8, 4) is 11.1 Å². The van der Waals surface area contributed by atoms with Crippen molar-refractivity contribution < 1.29 is 14.3 Å². The predicted molar refractivity (Wildman–Crippen MR) is 112 cm³/mol. The first-order valence-electron chi connectivity index (χ1n) is 10.3. The van der Waals surface area contributed by atoms with Crippen LogP contribution in [0.25, 0.3) is 11.1 Å². The van der Waals surface area contributed by atoms with E-state index in [1.165, 1.54) is 4.90 Å². The van der Waals surface area contributed by atoms with Gasteiger partial charge in [0.15, 0.2) is 0 Å². The number of amides is 1. The van der Waals surface area contributed by atoms with Gasteiger partial charge in [0.2, 0.25) is 0 Å². The smallest absolute Gasteiger partial charge is 0.407 e. The highest BCUT2D eigenvalue weighted by Crippen LogP contribution is 2.57. The molecule has 4 nitrogen and oxygen atoms in total. The summed E-state index contributed by atoms with van der Waals surface area (Å²) >= 11 is 0. The van der Waals surface area contributed by atoms with Gasteiger partial charge in [-0.3, -0.25) is 9.80 Å². The van der Waals surface area contributed by atoms with Gasteiger partial charge in [0, 0.05) is 13.1 Å². The van der Waals surface area contributed by atoms with Crippen LogP contribution in [-0.4, -0.2) is 52.3 Å². The number of hydrogen-bond acceptors (Lipinski definition) is 2. The van der Waals surface area contributed by atoms with E-state index in [-0.39, 0.29) is 6.54 Å². The minimum Gasteiger partial charge on any atom is -0.465 e. The molecule has 150 valence electrons. The molecule has 1 N–H and O–H groups in total. The second-order valence-electron chi connectivity index (χ2n) is 8.33. The zero-order valence-electron chi connectivity index (χ0n) is 16.3. The van der Waals surface area contributed by atoms with E-state index in [1.807, 2.05) is 42.5 Å². The van der Waals surface area contributed by atoms with E-state index in [1.54, 1.807) is 0 Å². The van der Waals surface area contributed by atoms with Crippen LogP contribution in [0.3, 0.4) is 0 Å². The van der Waals surface area contributed by atoms with Crippen LogP contribution in [0.15, 0.2) is 78.9 Å². The van der Waals surface area contributed by atoms with Crippen LogP contribution < -0.4 is 0 Å². The van der Waals surface area contributed by atoms with Gasteiger partial charge >= 0.3 is 6.09 Å². The van der Waals surface area contributed by atoms with Gasteiger partial charge < -0.3 is 5.11 Å². The first-order chi connectivity index (χ1) is 14.6. The van der Waals surface area contributed by atoms with E-state index in [4.69, 9.17) is 0 Å². The van der Waals surface area contributed by atoms with E-state index in [2.05, 4.69) is 41.3 Å². The van der Waals surface area contributed by atoms with Gasteiger partial charge in [0.1, 0.15) is 6.17 Å². The Kier molecular flexibility index (Phi) is 3.63. The van der Waals surface area contributed by atoms with Crippen LogP contribution in [0.5, 0.6) is 0 Å². The molecule has 0 aromatic heterocycles. The number of carbonyl (C=O) groups is 1. The van der Waals surface area contributed by atoms with Gasteiger partial charge in [0.05, 0.1) is 17.6 Å². The third-order valence-electron chi connectivity index (χ3n) is 7.10. The Morgan fingerprint density at radius 2 is 1.40 bits per heavy atom. The molecule has 3 atom stereocenters. The highest BCUT2D eigenvalue weighted by molar-refractivity contribution is 5.83. The van der Waals surface area contributed by atoms with E-state index < -0.39 is 29.9 Å². The fraction of sp³-hybridized carbons (Fsp3) is 0.240. The number of benzene rings is 3. The van der Waals surface area contributed by atoms with Crippen LogP contribution in [0.1, 0.15) is 16.7 Å². The summed E-state index contributed by atoms with van der Waals surface area (Å²) in [6.07, 6.45) is -2.23. The van der Waals surface area contributed by atoms with Gasteiger partial charge in [-0.15, -0.1) is 0 Å². The topological polar surface area (TPSA) is 43.8 Å². The Morgan fingerprint density at radius 3 is 1.93 bits per heavy atom. The normalized spacial score (nSPS) is 25.9. The molecule has 0 saturated carbocycles. The Balaban J connectivity index is 1.63. The van der Waals surface area contributed by atoms with Crippen LogP contribution in [-0.2, 0) is 5.54 Å². The molecule has 0 unspecified atom stereocenters. The largest absolute Gasteiger partial charge is 0.465 e. The van der Waals surface area contributed by atoms with Crippen molar-refractivity contribution in [2.45, 2.75) is 23.8 Å². The van der Waals surface area contributed by atoms with Crippen molar-refractivity contribution in [1.82, 2.24) is 9.80 Å². The first kappa shape index (κ1) is 17.7. The number of piperazine rings is 1. The quantitative estimate of drug-likeness (QED) is 0.696. The van der Waals surface area contributed by atoms with Gasteiger partial charge in [-0.2, -0.15) is 0 Å². The van der Waals surface area contributed by atoms with E-state index in [0.29, 0.717) is 6.54 Å². The van der Waals surface area contributed by atoms with Crippen LogP contribution >= 0.6 is 0 Å². The zero-order valence-corrected chi connectivity index (χ0v) is 16.3. The van der Waals surface area contributed by atoms with E-state index in [0.717, 1.165) is 27.8 Å². The number of rotatable bonds is 2. The third-order valence-corrected chi connectivity index (χ3v) is 7.10. The molecule has 1 aliphatic carbocycles. The monoisotopic (exact) mass is 400 g/mol. The predicted octanol–water partition coefficient (Wildman–Crippen LogP) is 4.34. The van der Waals surface area contributed by atoms with E-state index in [9.17, 15) is 9.90 Å². The summed E-state index contributed by atoms with van der Waals surface area (Å²) in [5, 5.41) is 9.54. The number of hydrogen-bond donors (Lipinski definition) is 1.